The van der Waals surface area contributed by atoms with Crippen molar-refractivity contribution in [2.24, 2.45) is 10.2 Å². The SMILES string of the molecule is CCCCOc1ccc(N=Nc2ccc(N(CC)CC)cc2)cn1. The van der Waals surface area contributed by atoms with E-state index in [1.54, 1.807) is 6.20 Å². The van der Waals surface area contributed by atoms with E-state index in [0.29, 0.717) is 18.2 Å². The molecule has 0 N–H and O–H groups in total. The molecule has 0 aliphatic heterocycles. The van der Waals surface area contributed by atoms with Gasteiger partial charge in [0.2, 0.25) is 5.88 Å². The second kappa shape index (κ2) is 9.65. The molecule has 2 aromatic rings. The van der Waals surface area contributed by atoms with E-state index in [9.17, 15) is 0 Å². The minimum absolute atomic E-state index is 0.631. The summed E-state index contributed by atoms with van der Waals surface area (Å²) in [6.45, 7) is 9.13. The molecule has 5 heteroatoms. The molecule has 1 heterocycles. The normalized spacial score (nSPS) is 11.0. The van der Waals surface area contributed by atoms with Crippen molar-refractivity contribution in [1.82, 2.24) is 4.98 Å². The van der Waals surface area contributed by atoms with Crippen LogP contribution in [-0.2, 0) is 0 Å². The first-order valence-electron chi connectivity index (χ1n) is 8.62. The van der Waals surface area contributed by atoms with Gasteiger partial charge in [0.1, 0.15) is 5.69 Å². The van der Waals surface area contributed by atoms with Gasteiger partial charge in [-0.15, -0.1) is 5.11 Å². The predicted octanol–water partition coefficient (Wildman–Crippen LogP) is 5.52. The molecule has 0 atom stereocenters. The minimum atomic E-state index is 0.631. The number of pyridine rings is 1. The first-order valence-corrected chi connectivity index (χ1v) is 8.62. The molecule has 0 saturated carbocycles. The lowest BCUT2D eigenvalue weighted by atomic mass is 10.2. The highest BCUT2D eigenvalue weighted by Gasteiger charge is 2.01. The van der Waals surface area contributed by atoms with E-state index in [1.165, 1.54) is 5.69 Å². The Morgan fingerprint density at radius 2 is 1.58 bits per heavy atom. The summed E-state index contributed by atoms with van der Waals surface area (Å²) < 4.78 is 5.53. The maximum Gasteiger partial charge on any atom is 0.213 e. The molecule has 1 aromatic heterocycles. The van der Waals surface area contributed by atoms with Crippen LogP contribution in [0.1, 0.15) is 33.6 Å². The summed E-state index contributed by atoms with van der Waals surface area (Å²) in [4.78, 5) is 6.53. The maximum absolute atomic E-state index is 5.53. The van der Waals surface area contributed by atoms with Crippen molar-refractivity contribution < 1.29 is 4.74 Å². The number of ether oxygens (including phenoxy) is 1. The molecule has 128 valence electrons. The van der Waals surface area contributed by atoms with Crippen LogP contribution in [0.25, 0.3) is 0 Å². The van der Waals surface area contributed by atoms with Gasteiger partial charge in [-0.25, -0.2) is 4.98 Å². The summed E-state index contributed by atoms with van der Waals surface area (Å²) in [5, 5.41) is 8.48. The Hall–Kier alpha value is -2.43. The third kappa shape index (κ3) is 5.33. The molecule has 5 nitrogen and oxygen atoms in total. The van der Waals surface area contributed by atoms with E-state index in [2.05, 4.69) is 53.0 Å². The lowest BCUT2D eigenvalue weighted by molar-refractivity contribution is 0.298. The highest BCUT2D eigenvalue weighted by atomic mass is 16.5. The predicted molar refractivity (Wildman–Crippen MR) is 98.8 cm³/mol. The largest absolute Gasteiger partial charge is 0.478 e. The van der Waals surface area contributed by atoms with Crippen molar-refractivity contribution in [2.75, 3.05) is 24.6 Å². The number of nitrogens with zero attached hydrogens (tertiary/aromatic N) is 4. The molecule has 0 bridgehead atoms. The van der Waals surface area contributed by atoms with Crippen LogP contribution in [0.3, 0.4) is 0 Å². The second-order valence-electron chi connectivity index (χ2n) is 5.45. The Balaban J connectivity index is 1.95. The van der Waals surface area contributed by atoms with Crippen LogP contribution in [0, 0.1) is 0 Å². The average molecular weight is 326 g/mol. The van der Waals surface area contributed by atoms with E-state index in [4.69, 9.17) is 4.74 Å². The fraction of sp³-hybridized carbons (Fsp3) is 0.421. The van der Waals surface area contributed by atoms with Gasteiger partial charge in [0.25, 0.3) is 0 Å². The highest BCUT2D eigenvalue weighted by molar-refractivity contribution is 5.52. The van der Waals surface area contributed by atoms with Gasteiger partial charge in [-0.2, -0.15) is 5.11 Å². The number of unbranched alkanes of at least 4 members (excludes halogenated alkanes) is 1. The van der Waals surface area contributed by atoms with E-state index in [-0.39, 0.29) is 0 Å². The first-order chi connectivity index (χ1) is 11.8. The molecular formula is C19H26N4O. The molecule has 0 spiro atoms. The van der Waals surface area contributed by atoms with Gasteiger partial charge >= 0.3 is 0 Å². The Kier molecular flexibility index (Phi) is 7.21. The molecule has 0 amide bonds. The van der Waals surface area contributed by atoms with E-state index in [1.807, 2.05) is 24.3 Å². The van der Waals surface area contributed by atoms with Gasteiger partial charge in [-0.3, -0.25) is 0 Å². The lowest BCUT2D eigenvalue weighted by Crippen LogP contribution is -2.21. The first kappa shape index (κ1) is 17.9. The van der Waals surface area contributed by atoms with Crippen LogP contribution in [0.4, 0.5) is 17.1 Å². The van der Waals surface area contributed by atoms with Gasteiger partial charge in [0, 0.05) is 24.8 Å². The van der Waals surface area contributed by atoms with Crippen LogP contribution in [0.5, 0.6) is 5.88 Å². The van der Waals surface area contributed by atoms with Gasteiger partial charge in [-0.05, 0) is 50.6 Å². The van der Waals surface area contributed by atoms with Crippen molar-refractivity contribution in [3.8, 4) is 5.88 Å². The monoisotopic (exact) mass is 326 g/mol. The van der Waals surface area contributed by atoms with Crippen LogP contribution >= 0.6 is 0 Å². The summed E-state index contributed by atoms with van der Waals surface area (Å²) in [6, 6.07) is 11.8. The molecule has 0 aliphatic carbocycles. The summed E-state index contributed by atoms with van der Waals surface area (Å²) in [5.74, 6) is 0.631. The molecule has 2 rings (SSSR count). The van der Waals surface area contributed by atoms with Crippen molar-refractivity contribution in [1.29, 1.82) is 0 Å². The Morgan fingerprint density at radius 3 is 2.17 bits per heavy atom. The zero-order valence-electron chi connectivity index (χ0n) is 14.8. The second-order valence-corrected chi connectivity index (χ2v) is 5.45. The van der Waals surface area contributed by atoms with Crippen molar-refractivity contribution in [3.05, 3.63) is 42.6 Å². The molecule has 0 aliphatic rings. The van der Waals surface area contributed by atoms with E-state index in [0.717, 1.165) is 31.6 Å². The Morgan fingerprint density at radius 1 is 0.917 bits per heavy atom. The summed E-state index contributed by atoms with van der Waals surface area (Å²) >= 11 is 0. The standard InChI is InChI=1S/C19H26N4O/c1-4-7-14-24-19-13-10-17(15-20-19)22-21-16-8-11-18(12-9-16)23(5-2)6-3/h8-13,15H,4-7,14H2,1-3H3. The fourth-order valence-electron chi connectivity index (χ4n) is 2.27. The molecule has 24 heavy (non-hydrogen) atoms. The molecule has 0 fully saturated rings. The van der Waals surface area contributed by atoms with Crippen LogP contribution in [0.2, 0.25) is 0 Å². The number of hydrogen-bond acceptors (Lipinski definition) is 5. The maximum atomic E-state index is 5.53. The van der Waals surface area contributed by atoms with Crippen molar-refractivity contribution in [3.63, 3.8) is 0 Å². The van der Waals surface area contributed by atoms with E-state index < -0.39 is 0 Å². The van der Waals surface area contributed by atoms with Crippen LogP contribution in [0.15, 0.2) is 52.8 Å². The third-order valence-corrected chi connectivity index (χ3v) is 3.73. The quantitative estimate of drug-likeness (QED) is 0.450. The van der Waals surface area contributed by atoms with Gasteiger partial charge in [-0.1, -0.05) is 13.3 Å². The Bertz CT molecular complexity index is 619. The molecular weight excluding hydrogens is 300 g/mol. The summed E-state index contributed by atoms with van der Waals surface area (Å²) in [6.07, 6.45) is 3.82. The zero-order valence-corrected chi connectivity index (χ0v) is 14.8. The Labute approximate surface area is 144 Å². The number of aromatic nitrogens is 1. The van der Waals surface area contributed by atoms with Crippen LogP contribution in [-0.4, -0.2) is 24.7 Å². The topological polar surface area (TPSA) is 50.1 Å². The van der Waals surface area contributed by atoms with Gasteiger partial charge < -0.3 is 9.64 Å². The van der Waals surface area contributed by atoms with E-state index >= 15 is 0 Å². The molecule has 0 saturated heterocycles. The number of azo groups is 1. The van der Waals surface area contributed by atoms with Crippen LogP contribution < -0.4 is 9.64 Å². The molecule has 0 unspecified atom stereocenters. The minimum Gasteiger partial charge on any atom is -0.478 e. The van der Waals surface area contributed by atoms with Crippen molar-refractivity contribution in [2.45, 2.75) is 33.6 Å². The zero-order chi connectivity index (χ0) is 17.2. The average Bonchev–Trinajstić information content (AvgIpc) is 2.63. The number of hydrogen-bond donors (Lipinski definition) is 0. The smallest absolute Gasteiger partial charge is 0.213 e. The molecule has 0 radical (unpaired) electrons. The van der Waals surface area contributed by atoms with Gasteiger partial charge in [0.15, 0.2) is 0 Å². The highest BCUT2D eigenvalue weighted by Crippen LogP contribution is 2.22. The summed E-state index contributed by atoms with van der Waals surface area (Å²) in [5.41, 5.74) is 2.74. The lowest BCUT2D eigenvalue weighted by Gasteiger charge is -2.20. The number of anilines is 1. The summed E-state index contributed by atoms with van der Waals surface area (Å²) in [7, 11) is 0. The fourth-order valence-corrected chi connectivity index (χ4v) is 2.27. The number of rotatable bonds is 9. The number of benzene rings is 1. The third-order valence-electron chi connectivity index (χ3n) is 3.73. The van der Waals surface area contributed by atoms with Gasteiger partial charge in [0.05, 0.1) is 18.5 Å². The molecule has 1 aromatic carbocycles. The van der Waals surface area contributed by atoms with Crippen molar-refractivity contribution >= 4 is 17.1 Å².